The number of carboxylic acid groups (broad SMARTS) is 2. The lowest BCUT2D eigenvalue weighted by atomic mass is 9.62. The molecule has 0 bridgehead atoms. The molecule has 2 N–H and O–H groups in total. The second-order valence-electron chi connectivity index (χ2n) is 12.0. The van der Waals surface area contributed by atoms with Gasteiger partial charge in [0.2, 0.25) is 5.78 Å². The highest BCUT2D eigenvalue weighted by atomic mass is 16.5. The van der Waals surface area contributed by atoms with Gasteiger partial charge in [0.15, 0.2) is 0 Å². The van der Waals surface area contributed by atoms with Crippen molar-refractivity contribution < 1.29 is 38.9 Å². The number of benzene rings is 2. The molecule has 0 aliphatic carbocycles. The van der Waals surface area contributed by atoms with E-state index in [4.69, 9.17) is 9.47 Å². The summed E-state index contributed by atoms with van der Waals surface area (Å²) >= 11 is 0. The Labute approximate surface area is 254 Å². The van der Waals surface area contributed by atoms with E-state index < -0.39 is 46.5 Å². The van der Waals surface area contributed by atoms with Gasteiger partial charge in [0.1, 0.15) is 23.1 Å². The fourth-order valence-corrected chi connectivity index (χ4v) is 6.01. The van der Waals surface area contributed by atoms with Crippen LogP contribution >= 0.6 is 0 Å². The van der Waals surface area contributed by atoms with Gasteiger partial charge < -0.3 is 24.6 Å². The van der Waals surface area contributed by atoms with E-state index in [9.17, 15) is 29.4 Å². The number of carboxylic acids is 2. The predicted molar refractivity (Wildman–Crippen MR) is 162 cm³/mol. The van der Waals surface area contributed by atoms with E-state index in [1.807, 2.05) is 48.5 Å². The van der Waals surface area contributed by atoms with Crippen LogP contribution in [0.3, 0.4) is 0 Å². The highest BCUT2D eigenvalue weighted by Gasteiger charge is 2.69. The maximum atomic E-state index is 13.6. The lowest BCUT2D eigenvalue weighted by Crippen LogP contribution is -2.80. The Hall–Kier alpha value is -3.88. The molecule has 0 radical (unpaired) electrons. The van der Waals surface area contributed by atoms with E-state index in [0.29, 0.717) is 38.5 Å². The number of rotatable bonds is 17. The van der Waals surface area contributed by atoms with Crippen LogP contribution < -0.4 is 9.47 Å². The molecule has 1 unspecified atom stereocenters. The van der Waals surface area contributed by atoms with Gasteiger partial charge in [-0.3, -0.25) is 9.59 Å². The standard InChI is InChI=1S/C34H45NO8/c1-6-33(2,3)29(36)30(37)35-28(31(38)39)27(13-8-7-11-23-14-18-25(42-4)19-15-23)34(35,32(40)41)22-10-9-12-24-16-20-26(43-5)21-17-24/h14-21,27-28H,6-13,22H2,1-5H3,(H,38,39)(H,40,41)/t27?,28-,34+/m1/s1. The number of hydrogen-bond donors (Lipinski definition) is 2. The molecule has 1 aliphatic rings. The summed E-state index contributed by atoms with van der Waals surface area (Å²) in [7, 11) is 3.20. The van der Waals surface area contributed by atoms with Gasteiger partial charge >= 0.3 is 11.9 Å². The van der Waals surface area contributed by atoms with E-state index in [0.717, 1.165) is 40.4 Å². The number of nitrogens with zero attached hydrogens (tertiary/aromatic N) is 1. The Morgan fingerprint density at radius 2 is 1.30 bits per heavy atom. The van der Waals surface area contributed by atoms with Crippen LogP contribution in [0.5, 0.6) is 11.5 Å². The Bertz CT molecular complexity index is 1270. The van der Waals surface area contributed by atoms with Gasteiger partial charge in [0, 0.05) is 11.3 Å². The lowest BCUT2D eigenvalue weighted by molar-refractivity contribution is -0.206. The number of carbonyl (C=O) groups excluding carboxylic acids is 2. The van der Waals surface area contributed by atoms with Gasteiger partial charge in [-0.2, -0.15) is 0 Å². The molecule has 3 rings (SSSR count). The third kappa shape index (κ3) is 7.37. The predicted octanol–water partition coefficient (Wildman–Crippen LogP) is 5.57. The van der Waals surface area contributed by atoms with Crippen LogP contribution in [0.15, 0.2) is 48.5 Å². The molecule has 9 nitrogen and oxygen atoms in total. The Kier molecular flexibility index (Phi) is 11.4. The number of Topliss-reactive ketones (excluding diaryl/α,β-unsaturated/α-hetero) is 1. The summed E-state index contributed by atoms with van der Waals surface area (Å²) in [5, 5.41) is 20.9. The zero-order valence-electron chi connectivity index (χ0n) is 25.9. The van der Waals surface area contributed by atoms with Crippen LogP contribution in [0, 0.1) is 11.3 Å². The normalized spacial score (nSPS) is 19.8. The van der Waals surface area contributed by atoms with E-state index in [2.05, 4.69) is 0 Å². The maximum absolute atomic E-state index is 13.6. The fourth-order valence-electron chi connectivity index (χ4n) is 6.01. The minimum atomic E-state index is -1.76. The number of ether oxygens (including phenoxy) is 2. The van der Waals surface area contributed by atoms with Crippen molar-refractivity contribution in [1.29, 1.82) is 0 Å². The van der Waals surface area contributed by atoms with Gasteiger partial charge in [-0.1, -0.05) is 57.9 Å². The molecule has 1 saturated heterocycles. The minimum absolute atomic E-state index is 0.0665. The number of aliphatic carboxylic acids is 2. The summed E-state index contributed by atoms with van der Waals surface area (Å²) in [6.07, 6.45) is 4.55. The first-order valence-corrected chi connectivity index (χ1v) is 15.0. The monoisotopic (exact) mass is 595 g/mol. The molecule has 0 aromatic heterocycles. The van der Waals surface area contributed by atoms with E-state index in [1.54, 1.807) is 35.0 Å². The quantitative estimate of drug-likeness (QED) is 0.179. The molecule has 1 heterocycles. The van der Waals surface area contributed by atoms with Crippen LogP contribution in [-0.2, 0) is 32.0 Å². The van der Waals surface area contributed by atoms with Crippen LogP contribution in [0.2, 0.25) is 0 Å². The van der Waals surface area contributed by atoms with Gasteiger partial charge in [0.25, 0.3) is 5.91 Å². The fraction of sp³-hybridized carbons (Fsp3) is 0.529. The van der Waals surface area contributed by atoms with Gasteiger partial charge in [0.05, 0.1) is 14.2 Å². The molecule has 1 amide bonds. The number of carbonyl (C=O) groups is 4. The van der Waals surface area contributed by atoms with Crippen molar-refractivity contribution in [3.8, 4) is 11.5 Å². The average molecular weight is 596 g/mol. The minimum Gasteiger partial charge on any atom is -0.497 e. The number of methoxy groups -OCH3 is 2. The molecule has 1 aliphatic heterocycles. The first-order valence-electron chi connectivity index (χ1n) is 15.0. The number of amides is 1. The number of hydrogen-bond acceptors (Lipinski definition) is 6. The molecule has 234 valence electrons. The van der Waals surface area contributed by atoms with Crippen molar-refractivity contribution in [1.82, 2.24) is 4.90 Å². The third-order valence-electron chi connectivity index (χ3n) is 9.06. The van der Waals surface area contributed by atoms with E-state index >= 15 is 0 Å². The van der Waals surface area contributed by atoms with E-state index in [-0.39, 0.29) is 6.42 Å². The Morgan fingerprint density at radius 1 is 0.814 bits per heavy atom. The number of ketones is 1. The summed E-state index contributed by atoms with van der Waals surface area (Å²) in [5.74, 6) is -3.65. The first kappa shape index (κ1) is 33.6. The van der Waals surface area contributed by atoms with Crippen molar-refractivity contribution in [3.63, 3.8) is 0 Å². The van der Waals surface area contributed by atoms with Crippen LogP contribution in [0.1, 0.15) is 76.8 Å². The van der Waals surface area contributed by atoms with Crippen molar-refractivity contribution in [2.75, 3.05) is 14.2 Å². The van der Waals surface area contributed by atoms with Gasteiger partial charge in [-0.05, 0) is 80.3 Å². The number of likely N-dealkylation sites (tertiary alicyclic amines) is 1. The molecule has 1 fully saturated rings. The molecule has 2 aromatic carbocycles. The number of unbranched alkanes of at least 4 members (excludes halogenated alkanes) is 2. The van der Waals surface area contributed by atoms with Gasteiger partial charge in [-0.15, -0.1) is 0 Å². The SMILES string of the molecule is CCC(C)(C)C(=O)C(=O)N1[C@@H](C(=O)O)C(CCCCc2ccc(OC)cc2)[C@@]1(CCCCc1ccc(OC)cc1)C(=O)O. The zero-order valence-corrected chi connectivity index (χ0v) is 25.9. The summed E-state index contributed by atoms with van der Waals surface area (Å²) < 4.78 is 10.4. The van der Waals surface area contributed by atoms with Gasteiger partial charge in [-0.25, -0.2) is 9.59 Å². The zero-order chi connectivity index (χ0) is 31.8. The molecule has 9 heteroatoms. The lowest BCUT2D eigenvalue weighted by Gasteiger charge is -2.60. The molecule has 43 heavy (non-hydrogen) atoms. The largest absolute Gasteiger partial charge is 0.497 e. The molecular formula is C34H45NO8. The Morgan fingerprint density at radius 3 is 1.72 bits per heavy atom. The topological polar surface area (TPSA) is 130 Å². The highest BCUT2D eigenvalue weighted by molar-refractivity contribution is 6.39. The summed E-state index contributed by atoms with van der Waals surface area (Å²) in [6.45, 7) is 5.01. The molecular weight excluding hydrogens is 550 g/mol. The summed E-state index contributed by atoms with van der Waals surface area (Å²) in [5.41, 5.74) is -0.650. The highest BCUT2D eigenvalue weighted by Crippen LogP contribution is 2.50. The van der Waals surface area contributed by atoms with Crippen molar-refractivity contribution in [3.05, 3.63) is 59.7 Å². The van der Waals surface area contributed by atoms with Crippen molar-refractivity contribution in [2.24, 2.45) is 11.3 Å². The van der Waals surface area contributed by atoms with E-state index in [1.165, 1.54) is 0 Å². The third-order valence-corrected chi connectivity index (χ3v) is 9.06. The second-order valence-corrected chi connectivity index (χ2v) is 12.0. The summed E-state index contributed by atoms with van der Waals surface area (Å²) in [6, 6.07) is 13.9. The van der Waals surface area contributed by atoms with Crippen molar-refractivity contribution in [2.45, 2.75) is 90.1 Å². The maximum Gasteiger partial charge on any atom is 0.330 e. The van der Waals surface area contributed by atoms with Crippen molar-refractivity contribution >= 4 is 23.6 Å². The van der Waals surface area contributed by atoms with Crippen LogP contribution in [0.25, 0.3) is 0 Å². The van der Waals surface area contributed by atoms with Crippen LogP contribution in [-0.4, -0.2) is 64.5 Å². The molecule has 0 saturated carbocycles. The second kappa shape index (κ2) is 14.5. The summed E-state index contributed by atoms with van der Waals surface area (Å²) in [4.78, 5) is 53.3. The molecule has 3 atom stereocenters. The Balaban J connectivity index is 1.82. The number of aryl methyl sites for hydroxylation is 2. The first-order chi connectivity index (χ1) is 20.4. The molecule has 2 aromatic rings. The molecule has 0 spiro atoms. The van der Waals surface area contributed by atoms with Crippen LogP contribution in [0.4, 0.5) is 0 Å². The average Bonchev–Trinajstić information content (AvgIpc) is 2.99. The smallest absolute Gasteiger partial charge is 0.330 e.